The first-order valence-electron chi connectivity index (χ1n) is 7.43. The smallest absolute Gasteiger partial charge is 0.238 e. The van der Waals surface area contributed by atoms with E-state index < -0.39 is 10.0 Å². The van der Waals surface area contributed by atoms with Gasteiger partial charge in [-0.05, 0) is 24.3 Å². The van der Waals surface area contributed by atoms with Gasteiger partial charge in [-0.25, -0.2) is 18.5 Å². The lowest BCUT2D eigenvalue weighted by Gasteiger charge is -2.35. The van der Waals surface area contributed by atoms with Crippen LogP contribution in [0.15, 0.2) is 39.8 Å². The minimum absolute atomic E-state index is 0.140. The molecule has 0 unspecified atom stereocenters. The van der Waals surface area contributed by atoms with Gasteiger partial charge in [-0.3, -0.25) is 4.90 Å². The van der Waals surface area contributed by atoms with Crippen LogP contribution in [0.5, 0.6) is 0 Å². The lowest BCUT2D eigenvalue weighted by Crippen LogP contribution is -2.46. The van der Waals surface area contributed by atoms with E-state index in [2.05, 4.69) is 14.8 Å². The zero-order valence-corrected chi connectivity index (χ0v) is 13.8. The Hall–Kier alpha value is -1.90. The molecule has 3 rings (SSSR count). The van der Waals surface area contributed by atoms with Crippen LogP contribution in [0.2, 0.25) is 0 Å². The second-order valence-corrected chi connectivity index (χ2v) is 7.22. The molecule has 23 heavy (non-hydrogen) atoms. The predicted octanol–water partition coefficient (Wildman–Crippen LogP) is 0.953. The summed E-state index contributed by atoms with van der Waals surface area (Å²) in [5.74, 6) is 0.689. The van der Waals surface area contributed by atoms with Gasteiger partial charge in [-0.2, -0.15) is 0 Å². The fraction of sp³-hybridized carbons (Fsp3) is 0.400. The number of nitrogens with two attached hydrogens (primary N) is 1. The highest BCUT2D eigenvalue weighted by Crippen LogP contribution is 2.19. The van der Waals surface area contributed by atoms with E-state index in [1.807, 2.05) is 6.92 Å². The number of hydrogen-bond acceptors (Lipinski definition) is 6. The van der Waals surface area contributed by atoms with Gasteiger partial charge in [0.25, 0.3) is 0 Å². The minimum atomic E-state index is -3.63. The summed E-state index contributed by atoms with van der Waals surface area (Å²) in [6, 6.07) is 6.71. The maximum Gasteiger partial charge on any atom is 0.238 e. The fourth-order valence-electron chi connectivity index (χ4n) is 2.72. The van der Waals surface area contributed by atoms with Crippen LogP contribution in [0.25, 0.3) is 0 Å². The number of piperazine rings is 1. The summed E-state index contributed by atoms with van der Waals surface area (Å²) in [5, 5.41) is 5.12. The van der Waals surface area contributed by atoms with Crippen molar-refractivity contribution >= 4 is 15.7 Å². The molecule has 0 radical (unpaired) electrons. The molecule has 2 heterocycles. The monoisotopic (exact) mass is 336 g/mol. The molecule has 0 atom stereocenters. The third-order valence-electron chi connectivity index (χ3n) is 3.95. The van der Waals surface area contributed by atoms with Crippen LogP contribution >= 0.6 is 0 Å². The van der Waals surface area contributed by atoms with E-state index in [0.717, 1.165) is 44.1 Å². The summed E-state index contributed by atoms with van der Waals surface area (Å²) in [4.78, 5) is 9.02. The summed E-state index contributed by atoms with van der Waals surface area (Å²) in [5.41, 5.74) is 1.96. The van der Waals surface area contributed by atoms with Crippen LogP contribution in [0.1, 0.15) is 11.6 Å². The number of anilines is 1. The van der Waals surface area contributed by atoms with Crippen molar-refractivity contribution in [1.82, 2.24) is 9.88 Å². The van der Waals surface area contributed by atoms with E-state index in [9.17, 15) is 8.42 Å². The first-order chi connectivity index (χ1) is 10.9. The first kappa shape index (κ1) is 16.0. The minimum Gasteiger partial charge on any atom is -0.449 e. The second-order valence-electron chi connectivity index (χ2n) is 5.66. The van der Waals surface area contributed by atoms with Crippen molar-refractivity contribution in [3.8, 4) is 0 Å². The van der Waals surface area contributed by atoms with Crippen LogP contribution in [-0.2, 0) is 16.6 Å². The normalized spacial score (nSPS) is 16.7. The zero-order valence-electron chi connectivity index (χ0n) is 13.0. The Labute approximate surface area is 135 Å². The number of sulfonamides is 1. The van der Waals surface area contributed by atoms with Gasteiger partial charge < -0.3 is 9.32 Å². The molecule has 1 aromatic heterocycles. The van der Waals surface area contributed by atoms with Crippen LogP contribution in [-0.4, -0.2) is 44.5 Å². The van der Waals surface area contributed by atoms with E-state index >= 15 is 0 Å². The van der Waals surface area contributed by atoms with Crippen LogP contribution in [0, 0.1) is 6.92 Å². The van der Waals surface area contributed by atoms with Crippen molar-refractivity contribution in [1.29, 1.82) is 0 Å². The number of oxazole rings is 1. The third kappa shape index (κ3) is 3.90. The number of aromatic nitrogens is 1. The lowest BCUT2D eigenvalue weighted by atomic mass is 10.2. The Bertz CT molecular complexity index is 762. The molecular formula is C15H20N4O3S. The molecule has 8 heteroatoms. The molecular weight excluding hydrogens is 316 g/mol. The number of primary sulfonamides is 1. The average molecular weight is 336 g/mol. The molecule has 2 aromatic rings. The molecule has 0 amide bonds. The lowest BCUT2D eigenvalue weighted by molar-refractivity contribution is 0.247. The first-order valence-corrected chi connectivity index (χ1v) is 8.97. The molecule has 124 valence electrons. The number of nitrogens with zero attached hydrogens (tertiary/aromatic N) is 3. The molecule has 0 saturated carbocycles. The van der Waals surface area contributed by atoms with Crippen molar-refractivity contribution < 1.29 is 12.8 Å². The molecule has 1 fully saturated rings. The molecule has 1 saturated heterocycles. The summed E-state index contributed by atoms with van der Waals surface area (Å²) in [7, 11) is -3.63. The second kappa shape index (κ2) is 6.31. The van der Waals surface area contributed by atoms with Gasteiger partial charge in [-0.1, -0.05) is 0 Å². The number of hydrogen-bond donors (Lipinski definition) is 1. The Morgan fingerprint density at radius 3 is 2.35 bits per heavy atom. The highest BCUT2D eigenvalue weighted by molar-refractivity contribution is 7.89. The zero-order chi connectivity index (χ0) is 16.4. The number of benzene rings is 1. The van der Waals surface area contributed by atoms with Crippen molar-refractivity contribution in [2.24, 2.45) is 5.14 Å². The predicted molar refractivity (Wildman–Crippen MR) is 86.5 cm³/mol. The highest BCUT2D eigenvalue weighted by atomic mass is 32.2. The largest absolute Gasteiger partial charge is 0.449 e. The maximum atomic E-state index is 11.3. The SMILES string of the molecule is Cc1nc(CN2CCN(c3ccc(S(N)(=O)=O)cc3)CC2)co1. The molecule has 1 aliphatic heterocycles. The highest BCUT2D eigenvalue weighted by Gasteiger charge is 2.18. The quantitative estimate of drug-likeness (QED) is 0.894. The molecule has 7 nitrogen and oxygen atoms in total. The van der Waals surface area contributed by atoms with Crippen molar-refractivity contribution in [2.45, 2.75) is 18.4 Å². The maximum absolute atomic E-state index is 11.3. The summed E-state index contributed by atoms with van der Waals surface area (Å²) < 4.78 is 27.8. The Morgan fingerprint density at radius 2 is 1.83 bits per heavy atom. The molecule has 1 aliphatic rings. The molecule has 0 aliphatic carbocycles. The number of rotatable bonds is 4. The van der Waals surface area contributed by atoms with E-state index in [1.54, 1.807) is 30.5 Å². The average Bonchev–Trinajstić information content (AvgIpc) is 2.92. The van der Waals surface area contributed by atoms with Crippen molar-refractivity contribution in [3.05, 3.63) is 42.1 Å². The molecule has 2 N–H and O–H groups in total. The van der Waals surface area contributed by atoms with E-state index in [0.29, 0.717) is 5.89 Å². The van der Waals surface area contributed by atoms with Crippen molar-refractivity contribution in [3.63, 3.8) is 0 Å². The van der Waals surface area contributed by atoms with E-state index in [-0.39, 0.29) is 4.90 Å². The van der Waals surface area contributed by atoms with Gasteiger partial charge in [0.15, 0.2) is 5.89 Å². The fourth-order valence-corrected chi connectivity index (χ4v) is 3.24. The summed E-state index contributed by atoms with van der Waals surface area (Å²) >= 11 is 0. The summed E-state index contributed by atoms with van der Waals surface area (Å²) in [6.07, 6.45) is 1.70. The standard InChI is InChI=1S/C15H20N4O3S/c1-12-17-13(11-22-12)10-18-6-8-19(9-7-18)14-2-4-15(5-3-14)23(16,20)21/h2-5,11H,6-10H2,1H3,(H2,16,20,21). The van der Waals surface area contributed by atoms with Gasteiger partial charge in [0.1, 0.15) is 6.26 Å². The molecule has 0 bridgehead atoms. The molecule has 1 aromatic carbocycles. The van der Waals surface area contributed by atoms with Crippen LogP contribution < -0.4 is 10.0 Å². The molecule has 0 spiro atoms. The van der Waals surface area contributed by atoms with Crippen LogP contribution in [0.3, 0.4) is 0 Å². The van der Waals surface area contributed by atoms with Crippen molar-refractivity contribution in [2.75, 3.05) is 31.1 Å². The van der Waals surface area contributed by atoms with Gasteiger partial charge in [0.2, 0.25) is 10.0 Å². The van der Waals surface area contributed by atoms with E-state index in [4.69, 9.17) is 9.56 Å². The third-order valence-corrected chi connectivity index (χ3v) is 4.88. The van der Waals surface area contributed by atoms with Gasteiger partial charge in [0, 0.05) is 45.3 Å². The Kier molecular flexibility index (Phi) is 4.38. The Morgan fingerprint density at radius 1 is 1.17 bits per heavy atom. The van der Waals surface area contributed by atoms with Gasteiger partial charge in [0.05, 0.1) is 10.6 Å². The Balaban J connectivity index is 1.58. The number of aryl methyl sites for hydroxylation is 1. The van der Waals surface area contributed by atoms with Gasteiger partial charge in [-0.15, -0.1) is 0 Å². The van der Waals surface area contributed by atoms with E-state index in [1.165, 1.54) is 0 Å². The van der Waals surface area contributed by atoms with Crippen LogP contribution in [0.4, 0.5) is 5.69 Å². The summed E-state index contributed by atoms with van der Waals surface area (Å²) in [6.45, 7) is 6.23. The van der Waals surface area contributed by atoms with Gasteiger partial charge >= 0.3 is 0 Å². The topological polar surface area (TPSA) is 92.7 Å².